The molecule has 1 aliphatic heterocycles. The zero-order valence-electron chi connectivity index (χ0n) is 6.61. The van der Waals surface area contributed by atoms with Crippen LogP contribution in [0, 0.1) is 0 Å². The minimum absolute atomic E-state index is 0.203. The summed E-state index contributed by atoms with van der Waals surface area (Å²) in [7, 11) is 0. The van der Waals surface area contributed by atoms with Gasteiger partial charge in [0.25, 0.3) is 0 Å². The van der Waals surface area contributed by atoms with Gasteiger partial charge >= 0.3 is 0 Å². The molecular weight excluding hydrogens is 126 g/mol. The third kappa shape index (κ3) is 1.48. The fraction of sp³-hybridized carbons (Fsp3) is 1.00. The van der Waals surface area contributed by atoms with E-state index >= 15 is 0 Å². The van der Waals surface area contributed by atoms with Crippen molar-refractivity contribution in [3.63, 3.8) is 0 Å². The molecule has 1 unspecified atom stereocenters. The lowest BCUT2D eigenvalue weighted by Gasteiger charge is -2.27. The molecule has 1 saturated heterocycles. The maximum atomic E-state index is 5.65. The van der Waals surface area contributed by atoms with Crippen LogP contribution in [-0.4, -0.2) is 31.7 Å². The summed E-state index contributed by atoms with van der Waals surface area (Å²) in [5, 5.41) is 6.73. The summed E-state index contributed by atoms with van der Waals surface area (Å²) in [5.74, 6) is 0. The van der Waals surface area contributed by atoms with Crippen LogP contribution < -0.4 is 16.4 Å². The maximum Gasteiger partial charge on any atom is 0.0442 e. The number of rotatable bonds is 3. The topological polar surface area (TPSA) is 50.1 Å². The molecule has 1 rings (SSSR count). The lowest BCUT2D eigenvalue weighted by atomic mass is 9.99. The van der Waals surface area contributed by atoms with Crippen molar-refractivity contribution in [3.8, 4) is 0 Å². The van der Waals surface area contributed by atoms with Crippen LogP contribution in [0.25, 0.3) is 0 Å². The Morgan fingerprint density at radius 3 is 2.90 bits per heavy atom. The molecule has 4 N–H and O–H groups in total. The molecule has 1 fully saturated rings. The molecule has 0 aromatic carbocycles. The first kappa shape index (κ1) is 7.98. The van der Waals surface area contributed by atoms with E-state index in [-0.39, 0.29) is 5.54 Å². The monoisotopic (exact) mass is 143 g/mol. The summed E-state index contributed by atoms with van der Waals surface area (Å²) in [6.07, 6.45) is 1.16. The van der Waals surface area contributed by atoms with Gasteiger partial charge in [-0.25, -0.2) is 0 Å². The molecule has 1 atom stereocenters. The van der Waals surface area contributed by atoms with Gasteiger partial charge in [-0.15, -0.1) is 0 Å². The lowest BCUT2D eigenvalue weighted by molar-refractivity contribution is 0.372. The van der Waals surface area contributed by atoms with Crippen molar-refractivity contribution in [1.29, 1.82) is 0 Å². The number of nitrogens with two attached hydrogens (primary N) is 1. The molecule has 0 aliphatic carbocycles. The Kier molecular flexibility index (Phi) is 2.65. The minimum atomic E-state index is 0.203. The zero-order chi connectivity index (χ0) is 7.45. The molecule has 3 nitrogen and oxygen atoms in total. The minimum Gasteiger partial charge on any atom is -0.329 e. The summed E-state index contributed by atoms with van der Waals surface area (Å²) in [5.41, 5.74) is 5.86. The van der Waals surface area contributed by atoms with Crippen molar-refractivity contribution in [3.05, 3.63) is 0 Å². The normalized spacial score (nSPS) is 33.0. The average molecular weight is 143 g/mol. The SMILES string of the molecule is CCNC1(CN)CCNC1. The number of hydrogen-bond donors (Lipinski definition) is 3. The van der Waals surface area contributed by atoms with Gasteiger partial charge in [-0.2, -0.15) is 0 Å². The van der Waals surface area contributed by atoms with Gasteiger partial charge in [0.15, 0.2) is 0 Å². The molecule has 0 amide bonds. The van der Waals surface area contributed by atoms with Crippen molar-refractivity contribution in [2.24, 2.45) is 5.73 Å². The average Bonchev–Trinajstić information content (AvgIpc) is 2.39. The second-order valence-corrected chi connectivity index (χ2v) is 2.94. The van der Waals surface area contributed by atoms with Crippen LogP contribution in [0.2, 0.25) is 0 Å². The Bertz CT molecular complexity index is 97.0. The van der Waals surface area contributed by atoms with Gasteiger partial charge < -0.3 is 16.4 Å². The summed E-state index contributed by atoms with van der Waals surface area (Å²) in [6, 6.07) is 0. The molecule has 1 heterocycles. The van der Waals surface area contributed by atoms with E-state index in [2.05, 4.69) is 17.6 Å². The highest BCUT2D eigenvalue weighted by Crippen LogP contribution is 2.11. The highest BCUT2D eigenvalue weighted by molar-refractivity contribution is 4.96. The number of hydrogen-bond acceptors (Lipinski definition) is 3. The number of nitrogens with one attached hydrogen (secondary N) is 2. The van der Waals surface area contributed by atoms with E-state index in [1.54, 1.807) is 0 Å². The molecule has 0 bridgehead atoms. The predicted octanol–water partition coefficient (Wildman–Crippen LogP) is -0.713. The summed E-state index contributed by atoms with van der Waals surface area (Å²) >= 11 is 0. The molecule has 0 saturated carbocycles. The Morgan fingerprint density at radius 2 is 2.50 bits per heavy atom. The van der Waals surface area contributed by atoms with Crippen LogP contribution in [0.5, 0.6) is 0 Å². The molecule has 0 aromatic heterocycles. The van der Waals surface area contributed by atoms with E-state index < -0.39 is 0 Å². The van der Waals surface area contributed by atoms with Crippen LogP contribution in [0.1, 0.15) is 13.3 Å². The molecule has 1 aliphatic rings. The van der Waals surface area contributed by atoms with Crippen molar-refractivity contribution >= 4 is 0 Å². The van der Waals surface area contributed by atoms with E-state index in [4.69, 9.17) is 5.73 Å². The Hall–Kier alpha value is -0.120. The van der Waals surface area contributed by atoms with E-state index in [9.17, 15) is 0 Å². The first-order valence-electron chi connectivity index (χ1n) is 3.99. The second-order valence-electron chi connectivity index (χ2n) is 2.94. The van der Waals surface area contributed by atoms with Crippen LogP contribution in [0.15, 0.2) is 0 Å². The Labute approximate surface area is 62.4 Å². The molecule has 3 heteroatoms. The fourth-order valence-corrected chi connectivity index (χ4v) is 1.52. The lowest BCUT2D eigenvalue weighted by Crippen LogP contribution is -2.52. The first-order valence-corrected chi connectivity index (χ1v) is 3.99. The van der Waals surface area contributed by atoms with Gasteiger partial charge in [-0.05, 0) is 19.5 Å². The van der Waals surface area contributed by atoms with Crippen molar-refractivity contribution in [2.75, 3.05) is 26.2 Å². The summed E-state index contributed by atoms with van der Waals surface area (Å²) in [4.78, 5) is 0. The summed E-state index contributed by atoms with van der Waals surface area (Å²) in [6.45, 7) is 6.00. The van der Waals surface area contributed by atoms with Crippen molar-refractivity contribution in [1.82, 2.24) is 10.6 Å². The van der Waals surface area contributed by atoms with E-state index in [0.717, 1.165) is 32.6 Å². The largest absolute Gasteiger partial charge is 0.329 e. The van der Waals surface area contributed by atoms with Crippen molar-refractivity contribution < 1.29 is 0 Å². The Balaban J connectivity index is 2.41. The molecule has 60 valence electrons. The standard InChI is InChI=1S/C7H17N3/c1-2-10-7(5-8)3-4-9-6-7/h9-10H,2-6,8H2,1H3. The van der Waals surface area contributed by atoms with E-state index in [0.29, 0.717) is 0 Å². The van der Waals surface area contributed by atoms with Crippen molar-refractivity contribution in [2.45, 2.75) is 18.9 Å². The third-order valence-corrected chi connectivity index (χ3v) is 2.19. The summed E-state index contributed by atoms with van der Waals surface area (Å²) < 4.78 is 0. The van der Waals surface area contributed by atoms with Crippen LogP contribution >= 0.6 is 0 Å². The van der Waals surface area contributed by atoms with Gasteiger partial charge in [0, 0.05) is 18.6 Å². The first-order chi connectivity index (χ1) is 4.83. The van der Waals surface area contributed by atoms with Crippen LogP contribution in [0.4, 0.5) is 0 Å². The van der Waals surface area contributed by atoms with Gasteiger partial charge in [0.2, 0.25) is 0 Å². The number of likely N-dealkylation sites (N-methyl/N-ethyl adjacent to an activating group) is 1. The second kappa shape index (κ2) is 3.32. The van der Waals surface area contributed by atoms with Crippen LogP contribution in [0.3, 0.4) is 0 Å². The fourth-order valence-electron chi connectivity index (χ4n) is 1.52. The van der Waals surface area contributed by atoms with Gasteiger partial charge in [-0.1, -0.05) is 6.92 Å². The van der Waals surface area contributed by atoms with E-state index in [1.165, 1.54) is 0 Å². The zero-order valence-corrected chi connectivity index (χ0v) is 6.61. The predicted molar refractivity (Wildman–Crippen MR) is 42.9 cm³/mol. The molecular formula is C7H17N3. The Morgan fingerprint density at radius 1 is 1.70 bits per heavy atom. The third-order valence-electron chi connectivity index (χ3n) is 2.19. The quantitative estimate of drug-likeness (QED) is 0.489. The molecule has 10 heavy (non-hydrogen) atoms. The van der Waals surface area contributed by atoms with Gasteiger partial charge in [0.05, 0.1) is 0 Å². The molecule has 0 spiro atoms. The molecule has 0 aromatic rings. The smallest absolute Gasteiger partial charge is 0.0442 e. The van der Waals surface area contributed by atoms with E-state index in [1.807, 2.05) is 0 Å². The van der Waals surface area contributed by atoms with Gasteiger partial charge in [0.1, 0.15) is 0 Å². The molecule has 0 radical (unpaired) electrons. The highest BCUT2D eigenvalue weighted by atomic mass is 15.1. The maximum absolute atomic E-state index is 5.65. The van der Waals surface area contributed by atoms with Crippen LogP contribution in [-0.2, 0) is 0 Å². The van der Waals surface area contributed by atoms with Gasteiger partial charge in [-0.3, -0.25) is 0 Å². The highest BCUT2D eigenvalue weighted by Gasteiger charge is 2.30.